The number of hydrogen-bond acceptors (Lipinski definition) is 5. The maximum Gasteiger partial charge on any atom is 0.324 e. The monoisotopic (exact) mass is 435 g/mol. The van der Waals surface area contributed by atoms with E-state index in [-0.39, 0.29) is 31.2 Å². The summed E-state index contributed by atoms with van der Waals surface area (Å²) in [5.74, 6) is 0.229. The number of urea groups is 1. The van der Waals surface area contributed by atoms with E-state index in [9.17, 15) is 14.4 Å². The second kappa shape index (κ2) is 9.09. The van der Waals surface area contributed by atoms with Gasteiger partial charge in [-0.25, -0.2) is 9.78 Å². The molecule has 0 unspecified atom stereocenters. The second-order valence-corrected chi connectivity index (χ2v) is 7.74. The number of hydrogen-bond donors (Lipinski definition) is 2. The van der Waals surface area contributed by atoms with Crippen molar-refractivity contribution in [2.45, 2.75) is 25.3 Å². The number of imidazole rings is 1. The number of fused-ring (bicyclic) bond motifs is 1. The zero-order valence-corrected chi connectivity index (χ0v) is 18.0. The summed E-state index contributed by atoms with van der Waals surface area (Å²) in [6, 6.07) is 11.9. The molecule has 0 saturated carbocycles. The number of methoxy groups -OCH3 is 1. The van der Waals surface area contributed by atoms with Gasteiger partial charge in [0.1, 0.15) is 11.8 Å². The molecule has 2 N–H and O–H groups in total. The van der Waals surface area contributed by atoms with Crippen molar-refractivity contribution in [2.75, 3.05) is 19.0 Å². The van der Waals surface area contributed by atoms with Gasteiger partial charge in [0.15, 0.2) is 0 Å². The van der Waals surface area contributed by atoms with E-state index in [1.807, 2.05) is 48.0 Å². The van der Waals surface area contributed by atoms with Crippen LogP contribution in [0.5, 0.6) is 5.75 Å². The molecule has 166 valence electrons. The van der Waals surface area contributed by atoms with Crippen LogP contribution in [0.3, 0.4) is 0 Å². The topological polar surface area (TPSA) is 106 Å². The van der Waals surface area contributed by atoms with Gasteiger partial charge in [-0.05, 0) is 48.7 Å². The molecule has 3 aromatic rings. The molecular weight excluding hydrogens is 410 g/mol. The first-order valence-electron chi connectivity index (χ1n) is 10.4. The maximum absolute atomic E-state index is 12.6. The first-order valence-corrected chi connectivity index (χ1v) is 10.4. The molecule has 0 bridgehead atoms. The molecule has 1 fully saturated rings. The van der Waals surface area contributed by atoms with Gasteiger partial charge >= 0.3 is 6.03 Å². The summed E-state index contributed by atoms with van der Waals surface area (Å²) < 4.78 is 7.03. The maximum atomic E-state index is 12.6. The number of rotatable bonds is 8. The third-order valence-corrected chi connectivity index (χ3v) is 5.56. The number of aryl methyl sites for hydroxylation is 1. The van der Waals surface area contributed by atoms with E-state index >= 15 is 0 Å². The Hall–Kier alpha value is -3.88. The molecule has 9 heteroatoms. The summed E-state index contributed by atoms with van der Waals surface area (Å²) in [7, 11) is 3.50. The highest BCUT2D eigenvalue weighted by atomic mass is 16.5. The lowest BCUT2D eigenvalue weighted by Gasteiger charge is -2.13. The van der Waals surface area contributed by atoms with Crippen LogP contribution in [0.25, 0.3) is 11.0 Å². The molecule has 1 aliphatic rings. The molecule has 4 rings (SSSR count). The van der Waals surface area contributed by atoms with Crippen LogP contribution in [0.2, 0.25) is 0 Å². The highest BCUT2D eigenvalue weighted by Gasteiger charge is 2.37. The van der Waals surface area contributed by atoms with Gasteiger partial charge in [-0.3, -0.25) is 14.5 Å². The highest BCUT2D eigenvalue weighted by molar-refractivity contribution is 6.04. The molecule has 1 aromatic heterocycles. The molecule has 0 spiro atoms. The Morgan fingerprint density at radius 1 is 1.19 bits per heavy atom. The largest absolute Gasteiger partial charge is 0.497 e. The summed E-state index contributed by atoms with van der Waals surface area (Å²) in [6.45, 7) is 0.282. The van der Waals surface area contributed by atoms with Crippen molar-refractivity contribution < 1.29 is 19.1 Å². The van der Waals surface area contributed by atoms with Crippen molar-refractivity contribution in [3.05, 3.63) is 54.4 Å². The lowest BCUT2D eigenvalue weighted by molar-refractivity contribution is -0.127. The van der Waals surface area contributed by atoms with Crippen molar-refractivity contribution in [3.63, 3.8) is 0 Å². The third-order valence-electron chi connectivity index (χ3n) is 5.56. The number of nitrogens with zero attached hydrogens (tertiary/aromatic N) is 3. The molecule has 4 amide bonds. The standard InChI is InChI=1S/C23H25N5O4/c1-27-14-24-19-13-16(5-9-20(19)27)25-21(29)10-8-18-22(30)28(23(31)26-18)12-11-15-3-6-17(32-2)7-4-15/h3-7,9,13-14,18H,8,10-12H2,1-2H3,(H,25,29)(H,26,31)/t18-/m1/s1. The molecule has 2 aromatic carbocycles. The number of amides is 4. The van der Waals surface area contributed by atoms with E-state index < -0.39 is 12.1 Å². The number of benzene rings is 2. The number of anilines is 1. The summed E-state index contributed by atoms with van der Waals surface area (Å²) >= 11 is 0. The fraction of sp³-hybridized carbons (Fsp3) is 0.304. The zero-order chi connectivity index (χ0) is 22.7. The van der Waals surface area contributed by atoms with Crippen LogP contribution in [-0.2, 0) is 23.1 Å². The highest BCUT2D eigenvalue weighted by Crippen LogP contribution is 2.19. The van der Waals surface area contributed by atoms with E-state index in [1.165, 1.54) is 4.90 Å². The molecule has 0 aliphatic carbocycles. The first kappa shape index (κ1) is 21.4. The van der Waals surface area contributed by atoms with Crippen molar-refractivity contribution >= 4 is 34.6 Å². The number of imide groups is 1. The van der Waals surface area contributed by atoms with Gasteiger partial charge < -0.3 is 19.9 Å². The van der Waals surface area contributed by atoms with Crippen LogP contribution in [-0.4, -0.2) is 52.0 Å². The predicted octanol–water partition coefficient (Wildman–Crippen LogP) is 2.46. The van der Waals surface area contributed by atoms with Crippen LogP contribution >= 0.6 is 0 Å². The minimum absolute atomic E-state index is 0.114. The summed E-state index contributed by atoms with van der Waals surface area (Å²) in [4.78, 5) is 42.7. The SMILES string of the molecule is COc1ccc(CCN2C(=O)N[C@H](CCC(=O)Nc3ccc4c(c3)ncn4C)C2=O)cc1. The van der Waals surface area contributed by atoms with Gasteiger partial charge in [-0.1, -0.05) is 12.1 Å². The average molecular weight is 435 g/mol. The molecule has 1 atom stereocenters. The zero-order valence-electron chi connectivity index (χ0n) is 18.0. The molecule has 0 radical (unpaired) electrons. The average Bonchev–Trinajstić information content (AvgIpc) is 3.29. The molecule has 1 saturated heterocycles. The summed E-state index contributed by atoms with van der Waals surface area (Å²) in [5.41, 5.74) is 3.40. The van der Waals surface area contributed by atoms with Crippen molar-refractivity contribution in [3.8, 4) is 5.75 Å². The summed E-state index contributed by atoms with van der Waals surface area (Å²) in [5, 5.41) is 5.50. The Labute approximate surface area is 185 Å². The van der Waals surface area contributed by atoms with Crippen LogP contribution in [0.1, 0.15) is 18.4 Å². The minimum Gasteiger partial charge on any atom is -0.497 e. The van der Waals surface area contributed by atoms with Crippen LogP contribution in [0.15, 0.2) is 48.8 Å². The van der Waals surface area contributed by atoms with E-state index in [1.54, 1.807) is 19.5 Å². The van der Waals surface area contributed by atoms with E-state index in [0.29, 0.717) is 12.1 Å². The molecule has 9 nitrogen and oxygen atoms in total. The Morgan fingerprint density at radius 3 is 2.72 bits per heavy atom. The fourth-order valence-corrected chi connectivity index (χ4v) is 3.73. The van der Waals surface area contributed by atoms with Crippen LogP contribution < -0.4 is 15.4 Å². The van der Waals surface area contributed by atoms with E-state index in [0.717, 1.165) is 22.3 Å². The van der Waals surface area contributed by atoms with Gasteiger partial charge in [-0.15, -0.1) is 0 Å². The van der Waals surface area contributed by atoms with Gasteiger partial charge in [0, 0.05) is 25.7 Å². The number of aromatic nitrogens is 2. The Kier molecular flexibility index (Phi) is 6.07. The number of carbonyl (C=O) groups is 3. The van der Waals surface area contributed by atoms with Crippen molar-refractivity contribution in [1.82, 2.24) is 19.8 Å². The predicted molar refractivity (Wildman–Crippen MR) is 119 cm³/mol. The number of carbonyl (C=O) groups excluding carboxylic acids is 3. The van der Waals surface area contributed by atoms with Crippen molar-refractivity contribution in [1.29, 1.82) is 0 Å². The number of nitrogens with one attached hydrogen (secondary N) is 2. The Balaban J connectivity index is 1.27. The third kappa shape index (κ3) is 4.56. The van der Waals surface area contributed by atoms with E-state index in [4.69, 9.17) is 4.74 Å². The molecule has 1 aliphatic heterocycles. The quantitative estimate of drug-likeness (QED) is 0.529. The normalized spacial score (nSPS) is 15.8. The van der Waals surface area contributed by atoms with Crippen LogP contribution in [0.4, 0.5) is 10.5 Å². The van der Waals surface area contributed by atoms with E-state index in [2.05, 4.69) is 15.6 Å². The fourth-order valence-electron chi connectivity index (χ4n) is 3.73. The Bertz CT molecular complexity index is 1150. The van der Waals surface area contributed by atoms with Gasteiger partial charge in [0.25, 0.3) is 5.91 Å². The minimum atomic E-state index is -0.692. The van der Waals surface area contributed by atoms with Gasteiger partial charge in [-0.2, -0.15) is 0 Å². The second-order valence-electron chi connectivity index (χ2n) is 7.74. The Morgan fingerprint density at radius 2 is 1.97 bits per heavy atom. The van der Waals surface area contributed by atoms with Crippen LogP contribution in [0, 0.1) is 0 Å². The summed E-state index contributed by atoms with van der Waals surface area (Å²) in [6.07, 6.45) is 2.61. The van der Waals surface area contributed by atoms with Crippen molar-refractivity contribution in [2.24, 2.45) is 7.05 Å². The number of ether oxygens (including phenoxy) is 1. The molecule has 2 heterocycles. The van der Waals surface area contributed by atoms with Gasteiger partial charge in [0.2, 0.25) is 5.91 Å². The lowest BCUT2D eigenvalue weighted by atomic mass is 10.1. The molecular formula is C23H25N5O4. The molecule has 32 heavy (non-hydrogen) atoms. The lowest BCUT2D eigenvalue weighted by Crippen LogP contribution is -2.33. The van der Waals surface area contributed by atoms with Gasteiger partial charge in [0.05, 0.1) is 24.5 Å². The smallest absolute Gasteiger partial charge is 0.324 e. The first-order chi connectivity index (χ1) is 15.4.